The maximum absolute atomic E-state index is 8.75. The molecule has 34 heavy (non-hydrogen) atoms. The largest absolute Gasteiger partial charge is 0.396 e. The van der Waals surface area contributed by atoms with Crippen LogP contribution in [0.1, 0.15) is 154 Å². The Morgan fingerprint density at radius 3 is 0.618 bits per heavy atom. The summed E-state index contributed by atoms with van der Waals surface area (Å²) in [6.45, 7) is 4.48. The minimum absolute atomic E-state index is 0.350. The molecule has 0 aliphatic carbocycles. The molecule has 2 N–H and O–H groups in total. The van der Waals surface area contributed by atoms with Crippen LogP contribution in [0.3, 0.4) is 0 Å². The third-order valence-electron chi connectivity index (χ3n) is 6.72. The molecule has 0 radical (unpaired) electrons. The summed E-state index contributed by atoms with van der Waals surface area (Å²) in [5.74, 6) is 0. The zero-order valence-corrected chi connectivity index (χ0v) is 22.9. The van der Waals surface area contributed by atoms with Crippen molar-refractivity contribution in [1.29, 1.82) is 0 Å². The van der Waals surface area contributed by atoms with Crippen molar-refractivity contribution < 1.29 is 19.7 Å². The van der Waals surface area contributed by atoms with E-state index in [-0.39, 0.29) is 0 Å². The number of rotatable bonds is 31. The maximum atomic E-state index is 8.75. The SMILES string of the molecule is OCCCCCCCCCCOCCCCCCCCCCOCCCCCCCCCCO. The van der Waals surface area contributed by atoms with E-state index in [4.69, 9.17) is 19.7 Å². The Labute approximate surface area is 213 Å². The number of ether oxygens (including phenoxy) is 2. The Hall–Kier alpha value is -0.160. The molecular formula is C30H62O4. The second-order valence-electron chi connectivity index (χ2n) is 10.2. The molecule has 0 unspecified atom stereocenters. The van der Waals surface area contributed by atoms with Crippen molar-refractivity contribution in [2.24, 2.45) is 0 Å². The first-order valence-electron chi connectivity index (χ1n) is 15.3. The van der Waals surface area contributed by atoms with E-state index in [0.717, 1.165) is 39.3 Å². The van der Waals surface area contributed by atoms with E-state index >= 15 is 0 Å². The van der Waals surface area contributed by atoms with Crippen molar-refractivity contribution in [2.45, 2.75) is 154 Å². The van der Waals surface area contributed by atoms with Crippen molar-refractivity contribution in [3.05, 3.63) is 0 Å². The van der Waals surface area contributed by atoms with Crippen LogP contribution in [0.25, 0.3) is 0 Å². The highest BCUT2D eigenvalue weighted by molar-refractivity contribution is 4.50. The first kappa shape index (κ1) is 33.8. The summed E-state index contributed by atoms with van der Waals surface area (Å²) in [5.41, 5.74) is 0. The summed E-state index contributed by atoms with van der Waals surface area (Å²) in [5, 5.41) is 17.5. The van der Waals surface area contributed by atoms with Gasteiger partial charge in [-0.25, -0.2) is 0 Å². The van der Waals surface area contributed by atoms with E-state index in [1.54, 1.807) is 0 Å². The third-order valence-corrected chi connectivity index (χ3v) is 6.72. The van der Waals surface area contributed by atoms with E-state index in [1.165, 1.54) is 141 Å². The van der Waals surface area contributed by atoms with E-state index in [2.05, 4.69) is 0 Å². The first-order chi connectivity index (χ1) is 16.9. The molecule has 206 valence electrons. The Morgan fingerprint density at radius 2 is 0.412 bits per heavy atom. The van der Waals surface area contributed by atoms with Gasteiger partial charge < -0.3 is 19.7 Å². The molecule has 0 fully saturated rings. The molecule has 0 aliphatic heterocycles. The lowest BCUT2D eigenvalue weighted by Crippen LogP contribution is -1.98. The van der Waals surface area contributed by atoms with Crippen LogP contribution in [0.4, 0.5) is 0 Å². The van der Waals surface area contributed by atoms with Crippen LogP contribution in [0.2, 0.25) is 0 Å². The standard InChI is InChI=1S/C30H62O4/c31-25-19-13-7-1-3-9-15-21-27-33-29-23-17-11-5-6-12-18-24-30-34-28-22-16-10-4-2-8-14-20-26-32/h31-32H,1-30H2. The van der Waals surface area contributed by atoms with Crippen molar-refractivity contribution in [3.63, 3.8) is 0 Å². The predicted molar refractivity (Wildman–Crippen MR) is 147 cm³/mol. The number of hydrogen-bond acceptors (Lipinski definition) is 4. The average molecular weight is 487 g/mol. The first-order valence-corrected chi connectivity index (χ1v) is 15.3. The van der Waals surface area contributed by atoms with Gasteiger partial charge >= 0.3 is 0 Å². The van der Waals surface area contributed by atoms with Crippen molar-refractivity contribution >= 4 is 0 Å². The van der Waals surface area contributed by atoms with Crippen LogP contribution in [0.5, 0.6) is 0 Å². The van der Waals surface area contributed by atoms with E-state index in [9.17, 15) is 0 Å². The highest BCUT2D eigenvalue weighted by Gasteiger charge is 1.96. The van der Waals surface area contributed by atoms with Crippen LogP contribution in [0.15, 0.2) is 0 Å². The lowest BCUT2D eigenvalue weighted by atomic mass is 10.1. The zero-order chi connectivity index (χ0) is 24.6. The summed E-state index contributed by atoms with van der Waals surface area (Å²) in [4.78, 5) is 0. The monoisotopic (exact) mass is 486 g/mol. The molecule has 0 bridgehead atoms. The highest BCUT2D eigenvalue weighted by Crippen LogP contribution is 2.11. The third kappa shape index (κ3) is 31.8. The molecule has 0 aliphatic rings. The van der Waals surface area contributed by atoms with Crippen molar-refractivity contribution in [1.82, 2.24) is 0 Å². The Morgan fingerprint density at radius 1 is 0.235 bits per heavy atom. The van der Waals surface area contributed by atoms with Gasteiger partial charge in [-0.3, -0.25) is 0 Å². The Bertz CT molecular complexity index is 306. The molecule has 0 heterocycles. The molecule has 4 nitrogen and oxygen atoms in total. The van der Waals surface area contributed by atoms with Crippen molar-refractivity contribution in [3.8, 4) is 0 Å². The maximum Gasteiger partial charge on any atom is 0.0466 e. The lowest BCUT2D eigenvalue weighted by Gasteiger charge is -2.06. The van der Waals surface area contributed by atoms with Crippen LogP contribution in [-0.4, -0.2) is 49.9 Å². The van der Waals surface area contributed by atoms with E-state index in [0.29, 0.717) is 13.2 Å². The molecule has 0 aromatic rings. The van der Waals surface area contributed by atoms with Gasteiger partial charge in [-0.1, -0.05) is 116 Å². The molecule has 4 heteroatoms. The van der Waals surface area contributed by atoms with Crippen LogP contribution in [0, 0.1) is 0 Å². The fourth-order valence-corrected chi connectivity index (χ4v) is 4.43. The zero-order valence-electron chi connectivity index (χ0n) is 22.9. The molecule has 0 aromatic heterocycles. The van der Waals surface area contributed by atoms with E-state index in [1.807, 2.05) is 0 Å². The summed E-state index contributed by atoms with van der Waals surface area (Å²) in [6.07, 6.45) is 30.5. The summed E-state index contributed by atoms with van der Waals surface area (Å²) >= 11 is 0. The average Bonchev–Trinajstić information content (AvgIpc) is 2.85. The normalized spacial score (nSPS) is 11.5. The van der Waals surface area contributed by atoms with E-state index < -0.39 is 0 Å². The van der Waals surface area contributed by atoms with Gasteiger partial charge in [0, 0.05) is 39.6 Å². The minimum atomic E-state index is 0.350. The molecule has 0 atom stereocenters. The van der Waals surface area contributed by atoms with Crippen LogP contribution < -0.4 is 0 Å². The minimum Gasteiger partial charge on any atom is -0.396 e. The lowest BCUT2D eigenvalue weighted by molar-refractivity contribution is 0.125. The Balaban J connectivity index is 2.99. The van der Waals surface area contributed by atoms with Gasteiger partial charge in [0.05, 0.1) is 0 Å². The van der Waals surface area contributed by atoms with Gasteiger partial charge in [-0.2, -0.15) is 0 Å². The summed E-state index contributed by atoms with van der Waals surface area (Å²) in [7, 11) is 0. The molecule has 0 saturated heterocycles. The summed E-state index contributed by atoms with van der Waals surface area (Å²) in [6, 6.07) is 0. The van der Waals surface area contributed by atoms with Crippen LogP contribution >= 0.6 is 0 Å². The van der Waals surface area contributed by atoms with Gasteiger partial charge in [-0.15, -0.1) is 0 Å². The molecule has 0 aromatic carbocycles. The number of unbranched alkanes of at least 4 members (excludes halogenated alkanes) is 21. The van der Waals surface area contributed by atoms with Gasteiger partial charge in [0.15, 0.2) is 0 Å². The number of aliphatic hydroxyl groups excluding tert-OH is 2. The molecular weight excluding hydrogens is 424 g/mol. The van der Waals surface area contributed by atoms with Gasteiger partial charge in [0.1, 0.15) is 0 Å². The molecule has 0 spiro atoms. The second kappa shape index (κ2) is 32.8. The topological polar surface area (TPSA) is 58.9 Å². The second-order valence-corrected chi connectivity index (χ2v) is 10.2. The van der Waals surface area contributed by atoms with Gasteiger partial charge in [0.25, 0.3) is 0 Å². The van der Waals surface area contributed by atoms with Crippen LogP contribution in [-0.2, 0) is 9.47 Å². The Kier molecular flexibility index (Phi) is 32.7. The fraction of sp³-hybridized carbons (Fsp3) is 1.00. The quantitative estimate of drug-likeness (QED) is 0.0966. The number of aliphatic hydroxyl groups is 2. The van der Waals surface area contributed by atoms with Crippen molar-refractivity contribution in [2.75, 3.05) is 39.6 Å². The molecule has 0 amide bonds. The summed E-state index contributed by atoms with van der Waals surface area (Å²) < 4.78 is 11.6. The van der Waals surface area contributed by atoms with Gasteiger partial charge in [-0.05, 0) is 38.5 Å². The van der Waals surface area contributed by atoms with Gasteiger partial charge in [0.2, 0.25) is 0 Å². The molecule has 0 saturated carbocycles. The number of hydrogen-bond donors (Lipinski definition) is 2. The highest BCUT2D eigenvalue weighted by atomic mass is 16.5. The molecule has 0 rings (SSSR count). The fourth-order valence-electron chi connectivity index (χ4n) is 4.43. The predicted octanol–water partition coefficient (Wildman–Crippen LogP) is 8.37. The smallest absolute Gasteiger partial charge is 0.0466 e.